The van der Waals surface area contributed by atoms with E-state index >= 15 is 0 Å². The van der Waals surface area contributed by atoms with Gasteiger partial charge >= 0.3 is 0 Å². The van der Waals surface area contributed by atoms with E-state index in [9.17, 15) is 14.4 Å². The number of rotatable bonds is 8. The van der Waals surface area contributed by atoms with Crippen molar-refractivity contribution in [3.8, 4) is 0 Å². The van der Waals surface area contributed by atoms with Crippen LogP contribution in [0.2, 0.25) is 0 Å². The molecule has 3 saturated heterocycles. The minimum atomic E-state index is -0.814. The summed E-state index contributed by atoms with van der Waals surface area (Å²) in [6.07, 6.45) is 4.01. The SMILES string of the molecule is CC[C@H](C)[C@H](NC(=O)c1ccc(N2CCN(C3CCC3)CC2)cc1)C(=O)N1C[C@@H](N=[N+]=[N-])[C@H]2OCC(=O)[C@H]21. The molecule has 4 aliphatic rings. The zero-order valence-electron chi connectivity index (χ0n) is 22.2. The number of nitrogens with zero attached hydrogens (tertiary/aromatic N) is 6. The average molecular weight is 524 g/mol. The molecule has 38 heavy (non-hydrogen) atoms. The topological polar surface area (TPSA) is 131 Å². The molecule has 3 heterocycles. The maximum atomic E-state index is 13.7. The highest BCUT2D eigenvalue weighted by Gasteiger charge is 2.53. The molecule has 1 aromatic carbocycles. The second-order valence-electron chi connectivity index (χ2n) is 10.9. The first-order valence-corrected chi connectivity index (χ1v) is 13.8. The third kappa shape index (κ3) is 5.10. The molecule has 5 atom stereocenters. The van der Waals surface area contributed by atoms with Crippen LogP contribution in [-0.2, 0) is 14.3 Å². The van der Waals surface area contributed by atoms with Crippen molar-refractivity contribution in [2.75, 3.05) is 44.2 Å². The van der Waals surface area contributed by atoms with Gasteiger partial charge in [-0.3, -0.25) is 19.3 Å². The smallest absolute Gasteiger partial charge is 0.251 e. The van der Waals surface area contributed by atoms with Crippen LogP contribution < -0.4 is 10.2 Å². The van der Waals surface area contributed by atoms with Gasteiger partial charge in [-0.25, -0.2) is 0 Å². The Bertz CT molecular complexity index is 1090. The van der Waals surface area contributed by atoms with Crippen LogP contribution in [0.25, 0.3) is 10.4 Å². The molecule has 11 nitrogen and oxygen atoms in total. The molecule has 0 spiro atoms. The van der Waals surface area contributed by atoms with Gasteiger partial charge in [-0.2, -0.15) is 0 Å². The number of ketones is 1. The molecule has 11 heteroatoms. The number of fused-ring (bicyclic) bond motifs is 1. The van der Waals surface area contributed by atoms with E-state index in [-0.39, 0.29) is 36.7 Å². The number of benzene rings is 1. The van der Waals surface area contributed by atoms with Gasteiger partial charge in [0.2, 0.25) is 5.91 Å². The van der Waals surface area contributed by atoms with E-state index in [1.165, 1.54) is 24.2 Å². The van der Waals surface area contributed by atoms with Crippen LogP contribution in [-0.4, -0.2) is 97.0 Å². The molecule has 1 saturated carbocycles. The lowest BCUT2D eigenvalue weighted by atomic mass is 9.91. The summed E-state index contributed by atoms with van der Waals surface area (Å²) in [6.45, 7) is 7.93. The number of hydrogen-bond donors (Lipinski definition) is 1. The molecule has 0 unspecified atom stereocenters. The Kier molecular flexibility index (Phi) is 7.88. The van der Waals surface area contributed by atoms with Crippen LogP contribution in [0, 0.1) is 5.92 Å². The summed E-state index contributed by atoms with van der Waals surface area (Å²) in [7, 11) is 0. The third-order valence-corrected chi connectivity index (χ3v) is 8.81. The summed E-state index contributed by atoms with van der Waals surface area (Å²) in [5.74, 6) is -1.05. The number of anilines is 1. The molecule has 0 radical (unpaired) electrons. The van der Waals surface area contributed by atoms with Crippen molar-refractivity contribution in [1.29, 1.82) is 0 Å². The second kappa shape index (κ2) is 11.3. The van der Waals surface area contributed by atoms with Gasteiger partial charge in [0.25, 0.3) is 5.91 Å². The Hall–Kier alpha value is -3.14. The molecule has 2 amide bonds. The van der Waals surface area contributed by atoms with Gasteiger partial charge in [-0.05, 0) is 48.6 Å². The van der Waals surface area contributed by atoms with Crippen LogP contribution >= 0.6 is 0 Å². The quantitative estimate of drug-likeness (QED) is 0.316. The number of nitrogens with one attached hydrogen (secondary N) is 1. The highest BCUT2D eigenvalue weighted by Crippen LogP contribution is 2.31. The van der Waals surface area contributed by atoms with Crippen LogP contribution in [0.3, 0.4) is 0 Å². The Morgan fingerprint density at radius 2 is 1.89 bits per heavy atom. The number of ether oxygens (including phenoxy) is 1. The van der Waals surface area contributed by atoms with Gasteiger partial charge in [-0.1, -0.05) is 31.8 Å². The molecule has 0 aromatic heterocycles. The van der Waals surface area contributed by atoms with Crippen LogP contribution in [0.5, 0.6) is 0 Å². The number of carbonyl (C=O) groups excluding carboxylic acids is 3. The van der Waals surface area contributed by atoms with E-state index in [1.54, 1.807) is 12.1 Å². The highest BCUT2D eigenvalue weighted by molar-refractivity contribution is 5.99. The van der Waals surface area contributed by atoms with E-state index in [1.807, 2.05) is 26.0 Å². The second-order valence-corrected chi connectivity index (χ2v) is 10.9. The number of piperazine rings is 1. The van der Waals surface area contributed by atoms with Crippen molar-refractivity contribution in [2.45, 2.75) is 69.8 Å². The number of amides is 2. The molecular formula is C27H37N7O4. The number of Topliss-reactive ketones (excluding diaryl/α,β-unsaturated/α-hetero) is 1. The fraction of sp³-hybridized carbons (Fsp3) is 0.667. The number of azide groups is 1. The summed E-state index contributed by atoms with van der Waals surface area (Å²) in [4.78, 5) is 48.7. The standard InChI is InChI=1S/C27H37N7O4/c1-3-17(2)23(27(37)34-15-21(30-31-28)25-24(34)22(35)16-38-25)29-26(36)18-7-9-20(10-8-18)33-13-11-32(12-14-33)19-5-4-6-19/h7-10,17,19,21,23-25H,3-6,11-16H2,1-2H3,(H,29,36)/t17-,21+,23-,24+,25+/m0/s1. The van der Waals surface area contributed by atoms with E-state index in [4.69, 9.17) is 10.3 Å². The van der Waals surface area contributed by atoms with Crippen LogP contribution in [0.1, 0.15) is 49.9 Å². The number of hydrogen-bond acceptors (Lipinski definition) is 7. The summed E-state index contributed by atoms with van der Waals surface area (Å²) in [6, 6.07) is 6.09. The lowest BCUT2D eigenvalue weighted by Gasteiger charge is -2.43. The molecular weight excluding hydrogens is 486 g/mol. The van der Waals surface area contributed by atoms with E-state index in [0.717, 1.165) is 37.9 Å². The zero-order valence-corrected chi connectivity index (χ0v) is 22.2. The first-order chi connectivity index (χ1) is 18.4. The minimum Gasteiger partial charge on any atom is -0.369 e. The molecule has 0 bridgehead atoms. The average Bonchev–Trinajstić information content (AvgIpc) is 3.47. The zero-order chi connectivity index (χ0) is 26.8. The lowest BCUT2D eigenvalue weighted by molar-refractivity contribution is -0.139. The van der Waals surface area contributed by atoms with Crippen molar-refractivity contribution in [2.24, 2.45) is 11.0 Å². The maximum Gasteiger partial charge on any atom is 0.251 e. The number of likely N-dealkylation sites (tertiary alicyclic amines) is 1. The van der Waals surface area contributed by atoms with Crippen molar-refractivity contribution < 1.29 is 19.1 Å². The summed E-state index contributed by atoms with van der Waals surface area (Å²) in [5.41, 5.74) is 10.5. The van der Waals surface area contributed by atoms with Crippen LogP contribution in [0.4, 0.5) is 5.69 Å². The van der Waals surface area contributed by atoms with Gasteiger partial charge in [0.15, 0.2) is 5.78 Å². The molecule has 204 valence electrons. The molecule has 5 rings (SSSR count). The van der Waals surface area contributed by atoms with Crippen molar-refractivity contribution in [1.82, 2.24) is 15.1 Å². The van der Waals surface area contributed by atoms with Gasteiger partial charge in [0, 0.05) is 54.9 Å². The van der Waals surface area contributed by atoms with Crippen molar-refractivity contribution >= 4 is 23.3 Å². The van der Waals surface area contributed by atoms with E-state index in [2.05, 4.69) is 25.1 Å². The van der Waals surface area contributed by atoms with Gasteiger partial charge in [-0.15, -0.1) is 0 Å². The lowest BCUT2D eigenvalue weighted by Crippen LogP contribution is -2.54. The van der Waals surface area contributed by atoms with E-state index < -0.39 is 24.2 Å². The van der Waals surface area contributed by atoms with Gasteiger partial charge < -0.3 is 19.9 Å². The summed E-state index contributed by atoms with van der Waals surface area (Å²) < 4.78 is 5.54. The summed E-state index contributed by atoms with van der Waals surface area (Å²) in [5, 5.41) is 6.67. The normalized spacial score (nSPS) is 27.3. The van der Waals surface area contributed by atoms with Crippen molar-refractivity contribution in [3.63, 3.8) is 0 Å². The summed E-state index contributed by atoms with van der Waals surface area (Å²) >= 11 is 0. The van der Waals surface area contributed by atoms with Crippen molar-refractivity contribution in [3.05, 3.63) is 40.3 Å². The Morgan fingerprint density at radius 1 is 1.18 bits per heavy atom. The minimum absolute atomic E-state index is 0.0927. The third-order valence-electron chi connectivity index (χ3n) is 8.81. The monoisotopic (exact) mass is 523 g/mol. The largest absolute Gasteiger partial charge is 0.369 e. The predicted octanol–water partition coefficient (Wildman–Crippen LogP) is 2.36. The molecule has 1 N–H and O–H groups in total. The van der Waals surface area contributed by atoms with Gasteiger partial charge in [0.1, 0.15) is 18.7 Å². The Morgan fingerprint density at radius 3 is 2.50 bits per heavy atom. The Labute approximate surface area is 223 Å². The highest BCUT2D eigenvalue weighted by atomic mass is 16.5. The maximum absolute atomic E-state index is 13.7. The van der Waals surface area contributed by atoms with Crippen LogP contribution in [0.15, 0.2) is 29.4 Å². The molecule has 4 fully saturated rings. The fourth-order valence-electron chi connectivity index (χ4n) is 6.03. The first kappa shape index (κ1) is 26.5. The number of carbonyl (C=O) groups is 3. The molecule has 3 aliphatic heterocycles. The predicted molar refractivity (Wildman–Crippen MR) is 142 cm³/mol. The molecule has 1 aliphatic carbocycles. The molecule has 1 aromatic rings. The van der Waals surface area contributed by atoms with Gasteiger partial charge in [0.05, 0.1) is 12.1 Å². The first-order valence-electron chi connectivity index (χ1n) is 13.8. The Balaban J connectivity index is 1.24. The fourth-order valence-corrected chi connectivity index (χ4v) is 6.03. The van der Waals surface area contributed by atoms with E-state index in [0.29, 0.717) is 12.0 Å².